The van der Waals surface area contributed by atoms with Crippen molar-refractivity contribution >= 4 is 16.8 Å². The average molecular weight is 288 g/mol. The molecule has 1 aromatic carbocycles. The fourth-order valence-corrected chi connectivity index (χ4v) is 2.48. The second-order valence-corrected chi connectivity index (χ2v) is 5.40. The minimum absolute atomic E-state index is 0.153. The van der Waals surface area contributed by atoms with Crippen LogP contribution in [0.15, 0.2) is 30.5 Å². The zero-order valence-corrected chi connectivity index (χ0v) is 13.3. The van der Waals surface area contributed by atoms with E-state index in [1.54, 1.807) is 0 Å². The first-order valence-electron chi connectivity index (χ1n) is 7.58. The van der Waals surface area contributed by atoms with Crippen LogP contribution in [-0.4, -0.2) is 34.6 Å². The number of hydrogen-bond acceptors (Lipinski definition) is 2. The highest BCUT2D eigenvalue weighted by Gasteiger charge is 2.12. The number of nitrogens with zero attached hydrogens (tertiary/aromatic N) is 2. The third-order valence-electron chi connectivity index (χ3n) is 3.54. The van der Waals surface area contributed by atoms with E-state index in [2.05, 4.69) is 0 Å². The van der Waals surface area contributed by atoms with Gasteiger partial charge in [0.25, 0.3) is 0 Å². The van der Waals surface area contributed by atoms with Crippen molar-refractivity contribution in [3.8, 4) is 5.75 Å². The highest BCUT2D eigenvalue weighted by Crippen LogP contribution is 2.23. The van der Waals surface area contributed by atoms with E-state index in [0.717, 1.165) is 29.7 Å². The highest BCUT2D eigenvalue weighted by atomic mass is 16.5. The van der Waals surface area contributed by atoms with Gasteiger partial charge < -0.3 is 14.2 Å². The summed E-state index contributed by atoms with van der Waals surface area (Å²) in [5.41, 5.74) is 1.06. The number of hydrogen-bond donors (Lipinski definition) is 0. The summed E-state index contributed by atoms with van der Waals surface area (Å²) in [5.74, 6) is 1.02. The Kier molecular flexibility index (Phi) is 4.89. The first kappa shape index (κ1) is 15.4. The second kappa shape index (κ2) is 6.66. The van der Waals surface area contributed by atoms with Gasteiger partial charge in [-0.05, 0) is 52.0 Å². The Morgan fingerprint density at radius 2 is 1.95 bits per heavy atom. The Bertz CT molecular complexity index is 612. The summed E-state index contributed by atoms with van der Waals surface area (Å²) in [6, 6.07) is 8.02. The van der Waals surface area contributed by atoms with Crippen molar-refractivity contribution in [2.75, 3.05) is 13.1 Å². The fourth-order valence-electron chi connectivity index (χ4n) is 2.48. The van der Waals surface area contributed by atoms with Crippen LogP contribution in [0.25, 0.3) is 10.9 Å². The quantitative estimate of drug-likeness (QED) is 0.817. The molecule has 0 aliphatic carbocycles. The number of amides is 1. The standard InChI is InChI=1S/C17H24N2O2/c1-5-18(6-2)17(20)12-19-10-9-14-11-15(21-13(3)4)7-8-16(14)19/h7-11,13H,5-6,12H2,1-4H3. The molecule has 0 saturated heterocycles. The van der Waals surface area contributed by atoms with Gasteiger partial charge in [0.05, 0.1) is 6.10 Å². The summed E-state index contributed by atoms with van der Waals surface area (Å²) in [5, 5.41) is 1.10. The van der Waals surface area contributed by atoms with Crippen LogP contribution in [0.4, 0.5) is 0 Å². The minimum Gasteiger partial charge on any atom is -0.491 e. The molecule has 21 heavy (non-hydrogen) atoms. The lowest BCUT2D eigenvalue weighted by Gasteiger charge is -2.19. The van der Waals surface area contributed by atoms with Crippen molar-refractivity contribution < 1.29 is 9.53 Å². The van der Waals surface area contributed by atoms with E-state index in [1.165, 1.54) is 0 Å². The van der Waals surface area contributed by atoms with Crippen LogP contribution < -0.4 is 4.74 Å². The zero-order chi connectivity index (χ0) is 15.4. The third kappa shape index (κ3) is 3.57. The van der Waals surface area contributed by atoms with Crippen LogP contribution in [0, 0.1) is 0 Å². The molecule has 0 aliphatic heterocycles. The molecular formula is C17H24N2O2. The monoisotopic (exact) mass is 288 g/mol. The maximum Gasteiger partial charge on any atom is 0.242 e. The summed E-state index contributed by atoms with van der Waals surface area (Å²) in [6.07, 6.45) is 2.12. The van der Waals surface area contributed by atoms with Crippen molar-refractivity contribution in [1.82, 2.24) is 9.47 Å². The molecular weight excluding hydrogens is 264 g/mol. The number of fused-ring (bicyclic) bond motifs is 1. The van der Waals surface area contributed by atoms with E-state index in [0.29, 0.717) is 6.54 Å². The van der Waals surface area contributed by atoms with Gasteiger partial charge in [0.1, 0.15) is 12.3 Å². The van der Waals surface area contributed by atoms with Crippen molar-refractivity contribution in [2.45, 2.75) is 40.3 Å². The molecule has 114 valence electrons. The SMILES string of the molecule is CCN(CC)C(=O)Cn1ccc2cc(OC(C)C)ccc21. The van der Waals surface area contributed by atoms with E-state index in [4.69, 9.17) is 4.74 Å². The number of ether oxygens (including phenoxy) is 1. The predicted octanol–water partition coefficient (Wildman–Crippen LogP) is 3.30. The molecule has 0 atom stereocenters. The van der Waals surface area contributed by atoms with Crippen molar-refractivity contribution in [2.24, 2.45) is 0 Å². The molecule has 0 spiro atoms. The second-order valence-electron chi connectivity index (χ2n) is 5.40. The summed E-state index contributed by atoms with van der Waals surface area (Å²) in [6.45, 7) is 9.92. The molecule has 0 aliphatic rings. The third-order valence-corrected chi connectivity index (χ3v) is 3.54. The minimum atomic E-state index is 0.153. The van der Waals surface area contributed by atoms with E-state index >= 15 is 0 Å². The van der Waals surface area contributed by atoms with Gasteiger partial charge >= 0.3 is 0 Å². The van der Waals surface area contributed by atoms with Gasteiger partial charge in [-0.15, -0.1) is 0 Å². The summed E-state index contributed by atoms with van der Waals surface area (Å²) in [4.78, 5) is 14.1. The lowest BCUT2D eigenvalue weighted by Crippen LogP contribution is -2.33. The molecule has 0 unspecified atom stereocenters. The Balaban J connectivity index is 2.20. The van der Waals surface area contributed by atoms with Crippen molar-refractivity contribution in [3.05, 3.63) is 30.5 Å². The van der Waals surface area contributed by atoms with E-state index in [-0.39, 0.29) is 12.0 Å². The van der Waals surface area contributed by atoms with Gasteiger partial charge in [-0.25, -0.2) is 0 Å². The maximum atomic E-state index is 12.2. The lowest BCUT2D eigenvalue weighted by atomic mass is 10.2. The van der Waals surface area contributed by atoms with Gasteiger partial charge in [-0.1, -0.05) is 0 Å². The van der Waals surface area contributed by atoms with Gasteiger partial charge in [-0.3, -0.25) is 4.79 Å². The Hall–Kier alpha value is -1.97. The molecule has 0 N–H and O–H groups in total. The molecule has 4 nitrogen and oxygen atoms in total. The Labute approximate surface area is 126 Å². The molecule has 2 rings (SSSR count). The van der Waals surface area contributed by atoms with E-state index in [9.17, 15) is 4.79 Å². The number of benzene rings is 1. The number of carbonyl (C=O) groups excluding carboxylic acids is 1. The fraction of sp³-hybridized carbons (Fsp3) is 0.471. The zero-order valence-electron chi connectivity index (χ0n) is 13.3. The summed E-state index contributed by atoms with van der Waals surface area (Å²) >= 11 is 0. The van der Waals surface area contributed by atoms with Crippen LogP contribution >= 0.6 is 0 Å². The Morgan fingerprint density at radius 1 is 1.24 bits per heavy atom. The smallest absolute Gasteiger partial charge is 0.242 e. The molecule has 0 saturated carbocycles. The lowest BCUT2D eigenvalue weighted by molar-refractivity contribution is -0.131. The van der Waals surface area contributed by atoms with Gasteiger partial charge in [0.2, 0.25) is 5.91 Å². The van der Waals surface area contributed by atoms with Crippen LogP contribution in [0.2, 0.25) is 0 Å². The van der Waals surface area contributed by atoms with Crippen LogP contribution in [-0.2, 0) is 11.3 Å². The topological polar surface area (TPSA) is 34.5 Å². The number of rotatable bonds is 6. The first-order valence-corrected chi connectivity index (χ1v) is 7.58. The van der Waals surface area contributed by atoms with Gasteiger partial charge in [0.15, 0.2) is 0 Å². The normalized spacial score (nSPS) is 11.1. The van der Waals surface area contributed by atoms with Crippen LogP contribution in [0.1, 0.15) is 27.7 Å². The van der Waals surface area contributed by atoms with Gasteiger partial charge in [0, 0.05) is 30.2 Å². The maximum absolute atomic E-state index is 12.2. The highest BCUT2D eigenvalue weighted by molar-refractivity contribution is 5.84. The number of likely N-dealkylation sites (N-methyl/N-ethyl adjacent to an activating group) is 1. The molecule has 1 aromatic heterocycles. The molecule has 0 fully saturated rings. The molecule has 0 radical (unpaired) electrons. The predicted molar refractivity (Wildman–Crippen MR) is 85.6 cm³/mol. The van der Waals surface area contributed by atoms with Crippen LogP contribution in [0.5, 0.6) is 5.75 Å². The van der Waals surface area contributed by atoms with Crippen LogP contribution in [0.3, 0.4) is 0 Å². The van der Waals surface area contributed by atoms with E-state index < -0.39 is 0 Å². The first-order chi connectivity index (χ1) is 10.0. The number of carbonyl (C=O) groups is 1. The van der Waals surface area contributed by atoms with Gasteiger partial charge in [-0.2, -0.15) is 0 Å². The molecule has 2 aromatic rings. The van der Waals surface area contributed by atoms with E-state index in [1.807, 2.05) is 67.6 Å². The molecule has 1 amide bonds. The molecule has 0 bridgehead atoms. The van der Waals surface area contributed by atoms with Crippen molar-refractivity contribution in [3.63, 3.8) is 0 Å². The Morgan fingerprint density at radius 3 is 2.57 bits per heavy atom. The average Bonchev–Trinajstić information content (AvgIpc) is 2.82. The largest absolute Gasteiger partial charge is 0.491 e. The summed E-state index contributed by atoms with van der Waals surface area (Å²) in [7, 11) is 0. The molecule has 4 heteroatoms. The van der Waals surface area contributed by atoms with Crippen molar-refractivity contribution in [1.29, 1.82) is 0 Å². The summed E-state index contributed by atoms with van der Waals surface area (Å²) < 4.78 is 7.70. The molecule has 1 heterocycles. The number of aromatic nitrogens is 1.